The van der Waals surface area contributed by atoms with E-state index in [0.29, 0.717) is 11.8 Å². The second kappa shape index (κ2) is 11.2. The maximum absolute atomic E-state index is 3.92. The molecule has 7 aromatic rings. The zero-order chi connectivity index (χ0) is 35.4. The molecule has 11 rings (SSSR count). The number of fused-ring (bicyclic) bond motifs is 7. The molecule has 3 nitrogen and oxygen atoms in total. The topological polar surface area (TPSA) is 20.0 Å². The molecule has 1 N–H and O–H groups in total. The molecule has 3 heterocycles. The third-order valence-corrected chi connectivity index (χ3v) is 12.4. The molecule has 0 bridgehead atoms. The van der Waals surface area contributed by atoms with Crippen molar-refractivity contribution in [2.75, 3.05) is 0 Å². The molecule has 6 aromatic carbocycles. The van der Waals surface area contributed by atoms with E-state index in [1.807, 2.05) is 0 Å². The molecule has 3 atom stereocenters. The second-order valence-corrected chi connectivity index (χ2v) is 15.7. The molecule has 2 aliphatic carbocycles. The van der Waals surface area contributed by atoms with Crippen LogP contribution in [0.25, 0.3) is 49.5 Å². The minimum atomic E-state index is -0.0251. The number of nitrogens with zero attached hydrogens (tertiary/aromatic N) is 2. The van der Waals surface area contributed by atoms with Gasteiger partial charge >= 0.3 is 0 Å². The van der Waals surface area contributed by atoms with Crippen LogP contribution in [0.4, 0.5) is 0 Å². The summed E-state index contributed by atoms with van der Waals surface area (Å²) in [6, 6.07) is 49.1. The number of rotatable bonds is 4. The number of benzene rings is 6. The molecule has 0 saturated heterocycles. The van der Waals surface area contributed by atoms with Crippen molar-refractivity contribution in [1.29, 1.82) is 0 Å². The Morgan fingerprint density at radius 3 is 2.30 bits per heavy atom. The van der Waals surface area contributed by atoms with Crippen molar-refractivity contribution in [2.45, 2.75) is 32.2 Å². The molecule has 0 fully saturated rings. The van der Waals surface area contributed by atoms with Crippen molar-refractivity contribution in [2.24, 2.45) is 11.8 Å². The third-order valence-electron chi connectivity index (χ3n) is 12.4. The number of hydrogen-bond acceptors (Lipinski definition) is 1. The van der Waals surface area contributed by atoms with Gasteiger partial charge in [-0.05, 0) is 80.4 Å². The lowest BCUT2D eigenvalue weighted by molar-refractivity contribution is 0.417. The average molecular weight is 683 g/mol. The molecule has 3 unspecified atom stereocenters. The lowest BCUT2D eigenvalue weighted by Gasteiger charge is -2.42. The lowest BCUT2D eigenvalue weighted by atomic mass is 9.61. The van der Waals surface area contributed by atoms with E-state index in [1.165, 1.54) is 82.3 Å². The highest BCUT2D eigenvalue weighted by atomic mass is 15.5. The highest BCUT2D eigenvalue weighted by Gasteiger charge is 2.51. The molecular formula is C50H40N3+. The fraction of sp³-hybridized carbons (Fsp3) is 0.140. The van der Waals surface area contributed by atoms with E-state index in [0.717, 1.165) is 5.70 Å². The first-order valence-electron chi connectivity index (χ1n) is 18.9. The van der Waals surface area contributed by atoms with Crippen LogP contribution < -0.4 is 20.6 Å². The highest BCUT2D eigenvalue weighted by molar-refractivity contribution is 6.21. The van der Waals surface area contributed by atoms with E-state index in [9.17, 15) is 0 Å². The normalized spacial score (nSPS) is 21.0. The Hall–Kier alpha value is -6.19. The molecule has 0 amide bonds. The Labute approximate surface area is 309 Å². The number of nitrogens with one attached hydrogen (secondary N) is 1. The Morgan fingerprint density at radius 1 is 0.717 bits per heavy atom. The predicted molar refractivity (Wildman–Crippen MR) is 220 cm³/mol. The molecule has 0 saturated carbocycles. The van der Waals surface area contributed by atoms with Crippen LogP contribution in [0.1, 0.15) is 49.1 Å². The van der Waals surface area contributed by atoms with E-state index in [2.05, 4.69) is 199 Å². The summed E-state index contributed by atoms with van der Waals surface area (Å²) in [6.45, 7) is 7.21. The van der Waals surface area contributed by atoms with Crippen LogP contribution in [0, 0.1) is 11.8 Å². The molecule has 4 aliphatic rings. The monoisotopic (exact) mass is 682 g/mol. The smallest absolute Gasteiger partial charge is 0.250 e. The summed E-state index contributed by atoms with van der Waals surface area (Å²) in [5, 5.41) is 11.8. The average Bonchev–Trinajstić information content (AvgIpc) is 3.52. The van der Waals surface area contributed by atoms with Crippen molar-refractivity contribution in [3.8, 4) is 0 Å². The first kappa shape index (κ1) is 30.4. The molecule has 1 aromatic heterocycles. The molecule has 0 spiro atoms. The SMILES string of the molecule is CC1C=CC=C2C1C1=c3c(cccc3=[N+]1n1c3ccc(C4C=C(c5ccccc5)C=C(c5ccccc5)N4)cc3c3c4ccccc4ccc31)C2(C)C. The second-order valence-electron chi connectivity index (χ2n) is 15.7. The molecular weight excluding hydrogens is 643 g/mol. The van der Waals surface area contributed by atoms with Gasteiger partial charge in [-0.1, -0.05) is 153 Å². The van der Waals surface area contributed by atoms with Crippen LogP contribution in [0.5, 0.6) is 0 Å². The molecule has 3 heteroatoms. The Morgan fingerprint density at radius 2 is 1.47 bits per heavy atom. The minimum Gasteiger partial charge on any atom is -0.374 e. The molecule has 0 radical (unpaired) electrons. The van der Waals surface area contributed by atoms with Gasteiger partial charge in [-0.25, -0.2) is 0 Å². The summed E-state index contributed by atoms with van der Waals surface area (Å²) >= 11 is 0. The van der Waals surface area contributed by atoms with Crippen LogP contribution in [-0.4, -0.2) is 4.68 Å². The standard InChI is InChI=1S/C50H40N3/c1-31-14-12-21-39-46(31)49-48-40(50(39,2)3)22-13-23-44(48)53(49)52-43-26-25-35(28-38(43)47-37-20-11-10-17-33(37)24-27-45(47)52)42-30-36(32-15-6-4-7-16-32)29-41(51-42)34-18-8-5-9-19-34/h4-31,42,46,51H,1-3H3/q+1. The van der Waals surface area contributed by atoms with Gasteiger partial charge in [0.25, 0.3) is 5.36 Å². The third kappa shape index (κ3) is 4.31. The van der Waals surface area contributed by atoms with Crippen LogP contribution in [0.3, 0.4) is 0 Å². The maximum atomic E-state index is 3.92. The van der Waals surface area contributed by atoms with Crippen LogP contribution >= 0.6 is 0 Å². The number of allylic oxidation sites excluding steroid dienone is 5. The molecule has 2 aliphatic heterocycles. The number of dihydropyridines is 1. The van der Waals surface area contributed by atoms with E-state index in [4.69, 9.17) is 0 Å². The van der Waals surface area contributed by atoms with E-state index in [-0.39, 0.29) is 11.5 Å². The fourth-order valence-corrected chi connectivity index (χ4v) is 9.78. The van der Waals surface area contributed by atoms with Gasteiger partial charge in [-0.2, -0.15) is 0 Å². The van der Waals surface area contributed by atoms with E-state index >= 15 is 0 Å². The van der Waals surface area contributed by atoms with Gasteiger partial charge in [-0.3, -0.25) is 0 Å². The Balaban J connectivity index is 1.16. The Bertz CT molecular complexity index is 2950. The van der Waals surface area contributed by atoms with Gasteiger partial charge in [-0.15, -0.1) is 4.68 Å². The summed E-state index contributed by atoms with van der Waals surface area (Å²) in [6.07, 6.45) is 11.7. The quantitative estimate of drug-likeness (QED) is 0.183. The maximum Gasteiger partial charge on any atom is 0.250 e. The van der Waals surface area contributed by atoms with Gasteiger partial charge in [0.15, 0.2) is 0 Å². The molecule has 53 heavy (non-hydrogen) atoms. The van der Waals surface area contributed by atoms with Crippen LogP contribution in [0.15, 0.2) is 169 Å². The van der Waals surface area contributed by atoms with Gasteiger partial charge < -0.3 is 5.32 Å². The minimum absolute atomic E-state index is 0.00648. The van der Waals surface area contributed by atoms with Gasteiger partial charge in [0.05, 0.1) is 12.0 Å². The summed E-state index contributed by atoms with van der Waals surface area (Å²) in [4.78, 5) is 0. The number of hydrogen-bond donors (Lipinski definition) is 1. The van der Waals surface area contributed by atoms with Crippen LogP contribution in [-0.2, 0) is 5.41 Å². The van der Waals surface area contributed by atoms with Crippen LogP contribution in [0.2, 0.25) is 0 Å². The summed E-state index contributed by atoms with van der Waals surface area (Å²) < 4.78 is 5.09. The molecule has 254 valence electrons. The van der Waals surface area contributed by atoms with Gasteiger partial charge in [0, 0.05) is 28.0 Å². The Kier molecular flexibility index (Phi) is 6.41. The zero-order valence-corrected chi connectivity index (χ0v) is 30.2. The first-order valence-corrected chi connectivity index (χ1v) is 18.9. The summed E-state index contributed by atoms with van der Waals surface area (Å²) in [5.74, 6) is 0.726. The first-order chi connectivity index (χ1) is 26.0. The van der Waals surface area contributed by atoms with Crippen molar-refractivity contribution >= 4 is 49.5 Å². The fourth-order valence-electron chi connectivity index (χ4n) is 9.78. The highest BCUT2D eigenvalue weighted by Crippen LogP contribution is 2.48. The zero-order valence-electron chi connectivity index (χ0n) is 30.2. The van der Waals surface area contributed by atoms with E-state index in [1.54, 1.807) is 0 Å². The summed E-state index contributed by atoms with van der Waals surface area (Å²) in [7, 11) is 0. The van der Waals surface area contributed by atoms with Gasteiger partial charge in [0.2, 0.25) is 5.70 Å². The predicted octanol–water partition coefficient (Wildman–Crippen LogP) is 9.83. The van der Waals surface area contributed by atoms with Crippen molar-refractivity contribution < 1.29 is 0 Å². The van der Waals surface area contributed by atoms with Crippen molar-refractivity contribution in [3.05, 3.63) is 202 Å². The largest absolute Gasteiger partial charge is 0.374 e. The summed E-state index contributed by atoms with van der Waals surface area (Å²) in [5.41, 5.74) is 12.8. The number of aromatic nitrogens is 1. The van der Waals surface area contributed by atoms with E-state index < -0.39 is 0 Å². The lowest BCUT2D eigenvalue weighted by Crippen LogP contribution is -2.62. The van der Waals surface area contributed by atoms with Crippen molar-refractivity contribution in [1.82, 2.24) is 14.7 Å². The van der Waals surface area contributed by atoms with Gasteiger partial charge in [0.1, 0.15) is 16.3 Å². The van der Waals surface area contributed by atoms with Crippen molar-refractivity contribution in [3.63, 3.8) is 0 Å².